The van der Waals surface area contributed by atoms with Gasteiger partial charge in [-0.1, -0.05) is 12.1 Å². The third kappa shape index (κ3) is 6.53. The predicted octanol–water partition coefficient (Wildman–Crippen LogP) is 4.50. The van der Waals surface area contributed by atoms with Crippen molar-refractivity contribution in [1.82, 2.24) is 19.6 Å². The van der Waals surface area contributed by atoms with Gasteiger partial charge in [-0.05, 0) is 67.4 Å². The SMILES string of the molecule is O=C(NCc1cc(-c2ccc(F)cc2F)nc(N2CCN(c3ccccc3F)CC2)n1)C1CCCN1S(=O)(=O)c1ccc(F)cc1. The van der Waals surface area contributed by atoms with E-state index < -0.39 is 39.4 Å². The first-order valence-corrected chi connectivity index (χ1v) is 16.2. The summed E-state index contributed by atoms with van der Waals surface area (Å²) in [5.74, 6) is -2.77. The van der Waals surface area contributed by atoms with Crippen LogP contribution in [0.5, 0.6) is 0 Å². The molecule has 1 N–H and O–H groups in total. The van der Waals surface area contributed by atoms with E-state index in [1.54, 1.807) is 18.2 Å². The summed E-state index contributed by atoms with van der Waals surface area (Å²) < 4.78 is 83.9. The second kappa shape index (κ2) is 13.0. The van der Waals surface area contributed by atoms with Gasteiger partial charge < -0.3 is 15.1 Å². The number of aromatic nitrogens is 2. The molecule has 1 aromatic heterocycles. The Hall–Kier alpha value is -4.56. The summed E-state index contributed by atoms with van der Waals surface area (Å²) in [5.41, 5.74) is 1.01. The first-order valence-electron chi connectivity index (χ1n) is 14.7. The molecule has 9 nitrogen and oxygen atoms in total. The highest BCUT2D eigenvalue weighted by Crippen LogP contribution is 2.28. The van der Waals surface area contributed by atoms with Crippen LogP contribution >= 0.6 is 0 Å². The smallest absolute Gasteiger partial charge is 0.243 e. The number of carbonyl (C=O) groups is 1. The average Bonchev–Trinajstić information content (AvgIpc) is 3.56. The minimum Gasteiger partial charge on any atom is -0.366 e. The number of amides is 1. The Labute approximate surface area is 263 Å². The quantitative estimate of drug-likeness (QED) is 0.280. The molecule has 0 spiro atoms. The summed E-state index contributed by atoms with van der Waals surface area (Å²) in [6, 6.07) is 14.5. The van der Waals surface area contributed by atoms with E-state index >= 15 is 0 Å². The maximum Gasteiger partial charge on any atom is 0.243 e. The molecule has 0 radical (unpaired) electrons. The monoisotopic (exact) mass is 654 g/mol. The maximum atomic E-state index is 14.8. The third-order valence-corrected chi connectivity index (χ3v) is 10.0. The van der Waals surface area contributed by atoms with Gasteiger partial charge in [0.2, 0.25) is 21.9 Å². The Bertz CT molecular complexity index is 1850. The van der Waals surface area contributed by atoms with Crippen molar-refractivity contribution in [1.29, 1.82) is 0 Å². The number of benzene rings is 3. The Morgan fingerprint density at radius 2 is 1.50 bits per heavy atom. The lowest BCUT2D eigenvalue weighted by molar-refractivity contribution is -0.124. The summed E-state index contributed by atoms with van der Waals surface area (Å²) >= 11 is 0. The number of hydrogen-bond donors (Lipinski definition) is 1. The average molecular weight is 655 g/mol. The van der Waals surface area contributed by atoms with E-state index in [-0.39, 0.29) is 41.0 Å². The number of rotatable bonds is 8. The molecule has 6 rings (SSSR count). The zero-order valence-electron chi connectivity index (χ0n) is 24.5. The van der Waals surface area contributed by atoms with Crippen LogP contribution in [-0.4, -0.2) is 67.4 Å². The number of carbonyl (C=O) groups excluding carboxylic acids is 1. The number of para-hydroxylation sites is 1. The van der Waals surface area contributed by atoms with Gasteiger partial charge in [-0.2, -0.15) is 4.31 Å². The molecule has 1 amide bonds. The fourth-order valence-corrected chi connectivity index (χ4v) is 7.39. The number of hydrogen-bond acceptors (Lipinski definition) is 7. The fraction of sp³-hybridized carbons (Fsp3) is 0.281. The molecular formula is C32H30F4N6O3S. The number of sulfonamides is 1. The molecule has 14 heteroatoms. The zero-order valence-corrected chi connectivity index (χ0v) is 25.4. The minimum absolute atomic E-state index is 0.0370. The molecule has 3 heterocycles. The summed E-state index contributed by atoms with van der Waals surface area (Å²) in [6.45, 7) is 1.78. The predicted molar refractivity (Wildman–Crippen MR) is 163 cm³/mol. The molecule has 0 saturated carbocycles. The van der Waals surface area contributed by atoms with Crippen LogP contribution < -0.4 is 15.1 Å². The summed E-state index contributed by atoms with van der Waals surface area (Å²) in [4.78, 5) is 26.1. The second-order valence-electron chi connectivity index (χ2n) is 11.0. The largest absolute Gasteiger partial charge is 0.366 e. The summed E-state index contributed by atoms with van der Waals surface area (Å²) in [5, 5.41) is 2.75. The Balaban J connectivity index is 1.22. The molecule has 1 unspecified atom stereocenters. The van der Waals surface area contributed by atoms with Gasteiger partial charge in [-0.15, -0.1) is 0 Å². The summed E-state index contributed by atoms with van der Waals surface area (Å²) in [6.07, 6.45) is 0.753. The number of piperazine rings is 1. The van der Waals surface area contributed by atoms with Crippen molar-refractivity contribution in [3.8, 4) is 11.3 Å². The van der Waals surface area contributed by atoms with Gasteiger partial charge >= 0.3 is 0 Å². The fourth-order valence-electron chi connectivity index (χ4n) is 5.73. The van der Waals surface area contributed by atoms with Crippen LogP contribution in [0.15, 0.2) is 77.7 Å². The van der Waals surface area contributed by atoms with Crippen LogP contribution in [0, 0.1) is 23.3 Å². The molecule has 0 aliphatic carbocycles. The topological polar surface area (TPSA) is 98.7 Å². The van der Waals surface area contributed by atoms with Crippen molar-refractivity contribution in [3.63, 3.8) is 0 Å². The zero-order chi connectivity index (χ0) is 32.4. The van der Waals surface area contributed by atoms with E-state index in [0.29, 0.717) is 50.4 Å². The van der Waals surface area contributed by atoms with Crippen molar-refractivity contribution in [2.45, 2.75) is 30.3 Å². The minimum atomic E-state index is -4.06. The maximum absolute atomic E-state index is 14.8. The van der Waals surface area contributed by atoms with Gasteiger partial charge in [0.15, 0.2) is 0 Å². The molecular weight excluding hydrogens is 624 g/mol. The number of nitrogens with one attached hydrogen (secondary N) is 1. The Morgan fingerprint density at radius 3 is 2.22 bits per heavy atom. The highest BCUT2D eigenvalue weighted by atomic mass is 32.2. The second-order valence-corrected chi connectivity index (χ2v) is 12.9. The lowest BCUT2D eigenvalue weighted by Gasteiger charge is -2.36. The van der Waals surface area contributed by atoms with Gasteiger partial charge in [0.25, 0.3) is 0 Å². The van der Waals surface area contributed by atoms with E-state index in [1.807, 2.05) is 9.80 Å². The van der Waals surface area contributed by atoms with E-state index in [1.165, 1.54) is 18.2 Å². The molecule has 240 valence electrons. The molecule has 2 fully saturated rings. The van der Waals surface area contributed by atoms with Gasteiger partial charge in [0.05, 0.1) is 28.5 Å². The van der Waals surface area contributed by atoms with E-state index in [0.717, 1.165) is 40.7 Å². The molecule has 2 saturated heterocycles. The number of nitrogens with zero attached hydrogens (tertiary/aromatic N) is 5. The van der Waals surface area contributed by atoms with Crippen LogP contribution in [0.3, 0.4) is 0 Å². The van der Waals surface area contributed by atoms with E-state index in [9.17, 15) is 30.8 Å². The van der Waals surface area contributed by atoms with E-state index in [4.69, 9.17) is 0 Å². The molecule has 2 aliphatic heterocycles. The van der Waals surface area contributed by atoms with Crippen molar-refractivity contribution in [2.75, 3.05) is 42.5 Å². The van der Waals surface area contributed by atoms with Crippen molar-refractivity contribution in [2.24, 2.45) is 0 Å². The lowest BCUT2D eigenvalue weighted by Crippen LogP contribution is -2.47. The van der Waals surface area contributed by atoms with Crippen molar-refractivity contribution in [3.05, 3.63) is 102 Å². The number of anilines is 2. The first kappa shape index (κ1) is 31.4. The van der Waals surface area contributed by atoms with Crippen LogP contribution in [0.1, 0.15) is 18.5 Å². The number of halogens is 4. The van der Waals surface area contributed by atoms with Crippen LogP contribution in [0.25, 0.3) is 11.3 Å². The molecule has 1 atom stereocenters. The molecule has 2 aliphatic rings. The van der Waals surface area contributed by atoms with Gasteiger partial charge in [0.1, 0.15) is 29.3 Å². The standard InChI is InChI=1S/C32H30F4N6O3S/c33-21-7-10-24(11-8-21)46(44,45)42-13-3-6-30(42)31(43)37-20-23-19-28(25-12-9-22(34)18-27(25)36)39-32(38-23)41-16-14-40(15-17-41)29-5-2-1-4-26(29)35/h1-2,4-5,7-12,18-19,30H,3,6,13-17,20H2,(H,37,43). The van der Waals surface area contributed by atoms with E-state index in [2.05, 4.69) is 15.3 Å². The van der Waals surface area contributed by atoms with Crippen LogP contribution in [-0.2, 0) is 21.4 Å². The van der Waals surface area contributed by atoms with Gasteiger partial charge in [0, 0.05) is 44.4 Å². The van der Waals surface area contributed by atoms with Crippen LogP contribution in [0.4, 0.5) is 29.2 Å². The normalized spacial score (nSPS) is 17.3. The molecule has 4 aromatic rings. The highest BCUT2D eigenvalue weighted by molar-refractivity contribution is 7.89. The third-order valence-electron chi connectivity index (χ3n) is 8.10. The Morgan fingerprint density at radius 1 is 0.804 bits per heavy atom. The van der Waals surface area contributed by atoms with Crippen LogP contribution in [0.2, 0.25) is 0 Å². The van der Waals surface area contributed by atoms with Gasteiger partial charge in [-0.25, -0.2) is 35.9 Å². The van der Waals surface area contributed by atoms with Crippen molar-refractivity contribution >= 4 is 27.6 Å². The Kier molecular flexibility index (Phi) is 8.91. The molecule has 0 bridgehead atoms. The lowest BCUT2D eigenvalue weighted by atomic mass is 10.1. The van der Waals surface area contributed by atoms with Crippen molar-refractivity contribution < 1.29 is 30.8 Å². The van der Waals surface area contributed by atoms with Gasteiger partial charge in [-0.3, -0.25) is 4.79 Å². The first-order chi connectivity index (χ1) is 22.1. The highest BCUT2D eigenvalue weighted by Gasteiger charge is 2.39. The molecule has 3 aromatic carbocycles. The summed E-state index contributed by atoms with van der Waals surface area (Å²) in [7, 11) is -4.06. The molecule has 46 heavy (non-hydrogen) atoms.